The summed E-state index contributed by atoms with van der Waals surface area (Å²) in [6.07, 6.45) is 0. The summed E-state index contributed by atoms with van der Waals surface area (Å²) >= 11 is 0. The maximum atomic E-state index is 5.56. The van der Waals surface area contributed by atoms with Gasteiger partial charge in [0.25, 0.3) is 0 Å². The number of nitrogens with zero attached hydrogens (tertiary/aromatic N) is 1. The van der Waals surface area contributed by atoms with Crippen molar-refractivity contribution in [1.82, 2.24) is 10.3 Å². The van der Waals surface area contributed by atoms with Crippen LogP contribution in [0.25, 0.3) is 0 Å². The number of nitrogens with one attached hydrogen (secondary N) is 1. The van der Waals surface area contributed by atoms with Crippen LogP contribution in [0, 0.1) is 5.92 Å². The fourth-order valence-corrected chi connectivity index (χ4v) is 1.49. The number of aromatic nitrogens is 1. The van der Waals surface area contributed by atoms with Gasteiger partial charge in [-0.05, 0) is 12.0 Å². The minimum absolute atomic E-state index is 0. The average Bonchev–Trinajstić information content (AvgIpc) is 2.50. The van der Waals surface area contributed by atoms with Crippen molar-refractivity contribution in [1.29, 1.82) is 0 Å². The molecule has 1 aliphatic rings. The first-order chi connectivity index (χ1) is 7.75. The van der Waals surface area contributed by atoms with Gasteiger partial charge in [-0.15, -0.1) is 12.4 Å². The van der Waals surface area contributed by atoms with Gasteiger partial charge in [-0.2, -0.15) is 4.98 Å². The van der Waals surface area contributed by atoms with Crippen LogP contribution < -0.4 is 14.8 Å². The van der Waals surface area contributed by atoms with Crippen LogP contribution in [0.3, 0.4) is 0 Å². The van der Waals surface area contributed by atoms with Crippen LogP contribution in [-0.2, 0) is 6.54 Å². The second-order valence-corrected chi connectivity index (χ2v) is 4.34. The molecule has 5 heteroatoms. The highest BCUT2D eigenvalue weighted by Gasteiger charge is 2.11. The summed E-state index contributed by atoms with van der Waals surface area (Å²) in [4.78, 5) is 4.36. The van der Waals surface area contributed by atoms with Crippen molar-refractivity contribution in [3.63, 3.8) is 0 Å². The lowest BCUT2D eigenvalue weighted by atomic mass is 10.2. The Morgan fingerprint density at radius 3 is 3.06 bits per heavy atom. The molecule has 0 saturated heterocycles. The topological polar surface area (TPSA) is 43.4 Å². The van der Waals surface area contributed by atoms with Gasteiger partial charge < -0.3 is 14.8 Å². The summed E-state index contributed by atoms with van der Waals surface area (Å²) in [6.45, 7) is 7.25. The molecule has 1 aromatic heterocycles. The number of hydrogen-bond donors (Lipinski definition) is 1. The van der Waals surface area contributed by atoms with Gasteiger partial charge in [0.2, 0.25) is 11.8 Å². The number of pyridine rings is 1. The first kappa shape index (κ1) is 14.1. The smallest absolute Gasteiger partial charge is 0.221 e. The maximum Gasteiger partial charge on any atom is 0.221 e. The minimum atomic E-state index is 0. The summed E-state index contributed by atoms with van der Waals surface area (Å²) in [5.74, 6) is 1.85. The van der Waals surface area contributed by atoms with Crippen molar-refractivity contribution in [2.75, 3.05) is 19.8 Å². The van der Waals surface area contributed by atoms with E-state index in [0.717, 1.165) is 18.7 Å². The summed E-state index contributed by atoms with van der Waals surface area (Å²) in [6, 6.07) is 3.91. The van der Waals surface area contributed by atoms with E-state index in [1.165, 1.54) is 0 Å². The van der Waals surface area contributed by atoms with Crippen molar-refractivity contribution in [2.24, 2.45) is 5.92 Å². The third kappa shape index (κ3) is 4.06. The zero-order valence-corrected chi connectivity index (χ0v) is 11.0. The second-order valence-electron chi connectivity index (χ2n) is 4.34. The van der Waals surface area contributed by atoms with Gasteiger partial charge in [-0.3, -0.25) is 0 Å². The average molecular weight is 259 g/mol. The van der Waals surface area contributed by atoms with Crippen LogP contribution in [0.5, 0.6) is 11.8 Å². The summed E-state index contributed by atoms with van der Waals surface area (Å²) < 4.78 is 11.1. The third-order valence-electron chi connectivity index (χ3n) is 2.31. The highest BCUT2D eigenvalue weighted by Crippen LogP contribution is 2.21. The Morgan fingerprint density at radius 1 is 1.47 bits per heavy atom. The molecule has 1 N–H and O–H groups in total. The number of fused-ring (bicyclic) bond motifs is 1. The number of halogens is 1. The van der Waals surface area contributed by atoms with E-state index in [1.54, 1.807) is 0 Å². The first-order valence-electron chi connectivity index (χ1n) is 5.72. The van der Waals surface area contributed by atoms with Gasteiger partial charge in [0.05, 0.1) is 6.61 Å². The van der Waals surface area contributed by atoms with E-state index in [2.05, 4.69) is 24.1 Å². The molecule has 17 heavy (non-hydrogen) atoms. The highest BCUT2D eigenvalue weighted by atomic mass is 35.5. The van der Waals surface area contributed by atoms with Crippen LogP contribution in [0.15, 0.2) is 12.1 Å². The Labute approximate surface area is 108 Å². The molecule has 2 heterocycles. The van der Waals surface area contributed by atoms with Crippen molar-refractivity contribution in [3.05, 3.63) is 17.7 Å². The first-order valence-corrected chi connectivity index (χ1v) is 5.72. The molecule has 0 saturated carbocycles. The molecule has 2 rings (SSSR count). The van der Waals surface area contributed by atoms with E-state index in [1.807, 2.05) is 12.1 Å². The van der Waals surface area contributed by atoms with E-state index in [-0.39, 0.29) is 12.4 Å². The van der Waals surface area contributed by atoms with E-state index < -0.39 is 0 Å². The van der Waals surface area contributed by atoms with Crippen molar-refractivity contribution in [2.45, 2.75) is 20.4 Å². The fraction of sp³-hybridized carbons (Fsp3) is 0.583. The Hall–Kier alpha value is -1.00. The van der Waals surface area contributed by atoms with Crippen LogP contribution in [-0.4, -0.2) is 24.7 Å². The predicted octanol–water partition coefficient (Wildman–Crippen LogP) is 2.02. The molecular weight excluding hydrogens is 240 g/mol. The summed E-state index contributed by atoms with van der Waals surface area (Å²) in [7, 11) is 0. The van der Waals surface area contributed by atoms with Crippen LogP contribution in [0.1, 0.15) is 19.4 Å². The molecule has 0 atom stereocenters. The predicted molar refractivity (Wildman–Crippen MR) is 69.0 cm³/mol. The van der Waals surface area contributed by atoms with Gasteiger partial charge in [0, 0.05) is 24.7 Å². The summed E-state index contributed by atoms with van der Waals surface area (Å²) in [5, 5.41) is 3.27. The van der Waals surface area contributed by atoms with Crippen molar-refractivity contribution in [3.8, 4) is 11.8 Å². The Balaban J connectivity index is 0.00000144. The summed E-state index contributed by atoms with van der Waals surface area (Å²) in [5.41, 5.74) is 1.09. The molecular formula is C12H19ClN2O2. The molecule has 0 amide bonds. The Kier molecular flexibility index (Phi) is 5.51. The van der Waals surface area contributed by atoms with Gasteiger partial charge in [-0.1, -0.05) is 13.8 Å². The lowest BCUT2D eigenvalue weighted by molar-refractivity contribution is 0.253. The molecule has 1 aliphatic heterocycles. The maximum absolute atomic E-state index is 5.56. The minimum Gasteiger partial charge on any atom is -0.477 e. The van der Waals surface area contributed by atoms with Crippen molar-refractivity contribution >= 4 is 12.4 Å². The molecule has 1 aromatic rings. The number of ether oxygens (including phenoxy) is 2. The van der Waals surface area contributed by atoms with Crippen LogP contribution in [0.2, 0.25) is 0 Å². The molecule has 0 bridgehead atoms. The monoisotopic (exact) mass is 258 g/mol. The van der Waals surface area contributed by atoms with E-state index in [4.69, 9.17) is 9.47 Å². The standard InChI is InChI=1S/C12H18N2O2.ClH/c1-9(2)8-16-11-4-3-10-7-13-5-6-15-12(10)14-11;/h3-4,9,13H,5-8H2,1-2H3;1H. The SMILES string of the molecule is CC(C)COc1ccc2c(n1)OCCNC2.Cl. The highest BCUT2D eigenvalue weighted by molar-refractivity contribution is 5.85. The lowest BCUT2D eigenvalue weighted by Crippen LogP contribution is -2.16. The lowest BCUT2D eigenvalue weighted by Gasteiger charge is -2.10. The second kappa shape index (κ2) is 6.67. The molecule has 0 aromatic carbocycles. The quantitative estimate of drug-likeness (QED) is 0.901. The zero-order valence-electron chi connectivity index (χ0n) is 10.2. The molecule has 0 aliphatic carbocycles. The molecule has 0 unspecified atom stereocenters. The van der Waals surface area contributed by atoms with Crippen LogP contribution >= 0.6 is 12.4 Å². The molecule has 0 fully saturated rings. The Morgan fingerprint density at radius 2 is 2.29 bits per heavy atom. The van der Waals surface area contributed by atoms with Crippen molar-refractivity contribution < 1.29 is 9.47 Å². The normalized spacial score (nSPS) is 14.3. The van der Waals surface area contributed by atoms with Gasteiger partial charge in [0.1, 0.15) is 6.61 Å². The molecule has 96 valence electrons. The fourth-order valence-electron chi connectivity index (χ4n) is 1.49. The Bertz CT molecular complexity index is 358. The van der Waals surface area contributed by atoms with Crippen LogP contribution in [0.4, 0.5) is 0 Å². The van der Waals surface area contributed by atoms with E-state index in [9.17, 15) is 0 Å². The van der Waals surface area contributed by atoms with Gasteiger partial charge in [-0.25, -0.2) is 0 Å². The largest absolute Gasteiger partial charge is 0.477 e. The molecule has 0 spiro atoms. The zero-order chi connectivity index (χ0) is 11.4. The number of rotatable bonds is 3. The van der Waals surface area contributed by atoms with E-state index in [0.29, 0.717) is 30.9 Å². The van der Waals surface area contributed by atoms with E-state index >= 15 is 0 Å². The molecule has 4 nitrogen and oxygen atoms in total. The number of hydrogen-bond acceptors (Lipinski definition) is 4. The van der Waals surface area contributed by atoms with Gasteiger partial charge in [0.15, 0.2) is 0 Å². The van der Waals surface area contributed by atoms with Gasteiger partial charge >= 0.3 is 0 Å². The molecule has 0 radical (unpaired) electrons. The third-order valence-corrected chi connectivity index (χ3v) is 2.31.